The third-order valence-electron chi connectivity index (χ3n) is 3.24. The van der Waals surface area contributed by atoms with Gasteiger partial charge in [-0.05, 0) is 6.42 Å². The number of aliphatic hydroxyl groups is 5. The molecule has 0 fully saturated rings. The number of esters is 1. The quantitative estimate of drug-likeness (QED) is 0.239. The van der Waals surface area contributed by atoms with Crippen molar-refractivity contribution in [3.63, 3.8) is 0 Å². The zero-order chi connectivity index (χ0) is 16.3. The zero-order valence-electron chi connectivity index (χ0n) is 12.5. The summed E-state index contributed by atoms with van der Waals surface area (Å²) in [6.07, 6.45) is -1.33. The normalized spacial score (nSPS) is 17.0. The van der Waals surface area contributed by atoms with Gasteiger partial charge in [-0.25, -0.2) is 0 Å². The molecule has 4 atom stereocenters. The first kappa shape index (κ1) is 20.3. The van der Waals surface area contributed by atoms with E-state index in [0.717, 1.165) is 25.7 Å². The van der Waals surface area contributed by atoms with Crippen molar-refractivity contribution in [2.45, 2.75) is 69.9 Å². The van der Waals surface area contributed by atoms with Gasteiger partial charge in [0.1, 0.15) is 18.3 Å². The van der Waals surface area contributed by atoms with Crippen LogP contribution in [0.4, 0.5) is 0 Å². The second-order valence-corrected chi connectivity index (χ2v) is 5.11. The van der Waals surface area contributed by atoms with Crippen molar-refractivity contribution in [2.24, 2.45) is 0 Å². The number of carbonyl (C=O) groups excluding carboxylic acids is 1. The van der Waals surface area contributed by atoms with E-state index in [1.807, 2.05) is 0 Å². The van der Waals surface area contributed by atoms with E-state index in [9.17, 15) is 20.1 Å². The van der Waals surface area contributed by atoms with Gasteiger partial charge in [-0.2, -0.15) is 0 Å². The Balaban J connectivity index is 4.30. The van der Waals surface area contributed by atoms with Crippen molar-refractivity contribution < 1.29 is 35.1 Å². The lowest BCUT2D eigenvalue weighted by Gasteiger charge is -2.28. The van der Waals surface area contributed by atoms with Crippen LogP contribution < -0.4 is 0 Å². The number of aliphatic hydroxyl groups excluding tert-OH is 5. The molecule has 5 N–H and O–H groups in total. The lowest BCUT2D eigenvalue weighted by Crippen LogP contribution is -2.49. The van der Waals surface area contributed by atoms with Crippen molar-refractivity contribution in [3.05, 3.63) is 0 Å². The summed E-state index contributed by atoms with van der Waals surface area (Å²) in [7, 11) is 0. The zero-order valence-corrected chi connectivity index (χ0v) is 12.5. The molecule has 0 spiro atoms. The highest BCUT2D eigenvalue weighted by molar-refractivity contribution is 5.69. The number of ether oxygens (including phenoxy) is 1. The van der Waals surface area contributed by atoms with Gasteiger partial charge in [0.2, 0.25) is 0 Å². The molecule has 0 heterocycles. The van der Waals surface area contributed by atoms with Gasteiger partial charge in [0.15, 0.2) is 6.10 Å². The van der Waals surface area contributed by atoms with Crippen LogP contribution in [0.5, 0.6) is 0 Å². The summed E-state index contributed by atoms with van der Waals surface area (Å²) in [6, 6.07) is 0. The fraction of sp³-hybridized carbons (Fsp3) is 0.929. The minimum Gasteiger partial charge on any atom is -0.457 e. The lowest BCUT2D eigenvalue weighted by atomic mass is 10.0. The summed E-state index contributed by atoms with van der Waals surface area (Å²) in [5.41, 5.74) is 0. The van der Waals surface area contributed by atoms with E-state index in [1.165, 1.54) is 0 Å². The van der Waals surface area contributed by atoms with Gasteiger partial charge in [0.05, 0.1) is 13.2 Å². The maximum absolute atomic E-state index is 11.7. The van der Waals surface area contributed by atoms with Crippen molar-refractivity contribution in [3.8, 4) is 0 Å². The van der Waals surface area contributed by atoms with Gasteiger partial charge in [0, 0.05) is 6.42 Å². The fourth-order valence-corrected chi connectivity index (χ4v) is 1.89. The van der Waals surface area contributed by atoms with Crippen LogP contribution in [0.2, 0.25) is 0 Å². The molecule has 7 heteroatoms. The molecule has 7 nitrogen and oxygen atoms in total. The monoisotopic (exact) mass is 308 g/mol. The van der Waals surface area contributed by atoms with Crippen LogP contribution in [0.3, 0.4) is 0 Å². The average molecular weight is 308 g/mol. The van der Waals surface area contributed by atoms with E-state index in [4.69, 9.17) is 14.9 Å². The minimum atomic E-state index is -1.67. The van der Waals surface area contributed by atoms with Gasteiger partial charge in [-0.1, -0.05) is 32.6 Å². The molecule has 0 amide bonds. The van der Waals surface area contributed by atoms with Crippen LogP contribution in [0, 0.1) is 0 Å². The highest BCUT2D eigenvalue weighted by atomic mass is 16.6. The minimum absolute atomic E-state index is 0.139. The summed E-state index contributed by atoms with van der Waals surface area (Å²) in [5, 5.41) is 46.3. The van der Waals surface area contributed by atoms with E-state index in [2.05, 4.69) is 6.92 Å². The van der Waals surface area contributed by atoms with Gasteiger partial charge in [-0.3, -0.25) is 4.79 Å². The third kappa shape index (κ3) is 8.33. The molecule has 0 radical (unpaired) electrons. The number of hydrogen-bond donors (Lipinski definition) is 5. The molecule has 21 heavy (non-hydrogen) atoms. The number of rotatable bonds is 12. The molecule has 0 rings (SSSR count). The van der Waals surface area contributed by atoms with E-state index in [-0.39, 0.29) is 6.42 Å². The smallest absolute Gasteiger partial charge is 0.306 e. The molecule has 0 aliphatic heterocycles. The van der Waals surface area contributed by atoms with E-state index in [1.54, 1.807) is 0 Å². The first-order chi connectivity index (χ1) is 9.97. The molecule has 0 aromatic rings. The van der Waals surface area contributed by atoms with Crippen LogP contribution >= 0.6 is 0 Å². The molecule has 126 valence electrons. The summed E-state index contributed by atoms with van der Waals surface area (Å²) in [4.78, 5) is 11.7. The molecule has 0 aliphatic carbocycles. The van der Waals surface area contributed by atoms with E-state index in [0.29, 0.717) is 6.42 Å². The second-order valence-electron chi connectivity index (χ2n) is 5.11. The summed E-state index contributed by atoms with van der Waals surface area (Å²) in [5.74, 6) is -0.617. The van der Waals surface area contributed by atoms with Gasteiger partial charge in [-0.15, -0.1) is 0 Å². The Kier molecular flexibility index (Phi) is 11.5. The molecular weight excluding hydrogens is 280 g/mol. The van der Waals surface area contributed by atoms with E-state index >= 15 is 0 Å². The van der Waals surface area contributed by atoms with Crippen LogP contribution in [-0.4, -0.2) is 69.1 Å². The number of unbranched alkanes of at least 4 members (excludes halogenated alkanes) is 4. The summed E-state index contributed by atoms with van der Waals surface area (Å²) < 4.78 is 4.92. The van der Waals surface area contributed by atoms with Gasteiger partial charge < -0.3 is 30.3 Å². The number of hydrogen-bond acceptors (Lipinski definition) is 7. The van der Waals surface area contributed by atoms with Crippen molar-refractivity contribution >= 4 is 5.97 Å². The van der Waals surface area contributed by atoms with Crippen LogP contribution in [-0.2, 0) is 9.53 Å². The molecule has 0 aromatic heterocycles. The average Bonchev–Trinajstić information content (AvgIpc) is 2.50. The van der Waals surface area contributed by atoms with Crippen molar-refractivity contribution in [1.29, 1.82) is 0 Å². The Morgan fingerprint density at radius 2 is 1.52 bits per heavy atom. The van der Waals surface area contributed by atoms with Crippen molar-refractivity contribution in [2.75, 3.05) is 13.2 Å². The first-order valence-electron chi connectivity index (χ1n) is 7.43. The maximum atomic E-state index is 11.7. The van der Waals surface area contributed by atoms with Gasteiger partial charge >= 0.3 is 5.97 Å². The Morgan fingerprint density at radius 1 is 0.952 bits per heavy atom. The Labute approximate surface area is 125 Å². The van der Waals surface area contributed by atoms with Crippen LogP contribution in [0.15, 0.2) is 0 Å². The molecule has 0 aliphatic rings. The topological polar surface area (TPSA) is 127 Å². The molecule has 0 unspecified atom stereocenters. The van der Waals surface area contributed by atoms with Crippen molar-refractivity contribution in [1.82, 2.24) is 0 Å². The lowest BCUT2D eigenvalue weighted by molar-refractivity contribution is -0.177. The van der Waals surface area contributed by atoms with Crippen LogP contribution in [0.25, 0.3) is 0 Å². The van der Waals surface area contributed by atoms with Gasteiger partial charge in [0.25, 0.3) is 0 Å². The second kappa shape index (κ2) is 11.9. The summed E-state index contributed by atoms with van der Waals surface area (Å²) in [6.45, 7) is 0.608. The number of carbonyl (C=O) groups is 1. The van der Waals surface area contributed by atoms with E-state index < -0.39 is 43.6 Å². The third-order valence-corrected chi connectivity index (χ3v) is 3.24. The largest absolute Gasteiger partial charge is 0.457 e. The highest BCUT2D eigenvalue weighted by Crippen LogP contribution is 2.13. The Hall–Kier alpha value is -0.730. The summed E-state index contributed by atoms with van der Waals surface area (Å²) >= 11 is 0. The predicted molar refractivity (Wildman–Crippen MR) is 75.4 cm³/mol. The van der Waals surface area contributed by atoms with Crippen LogP contribution in [0.1, 0.15) is 45.4 Å². The highest BCUT2D eigenvalue weighted by Gasteiger charge is 2.34. The standard InChI is InChI=1S/C14H28O7/c1-2-3-4-5-6-7-12(19)21-14(11(18)9-16)13(20)10(17)8-15/h10-11,13-18,20H,2-9H2,1H3/t10-,11-,13-,14-/m0/s1. The molecule has 0 saturated heterocycles. The maximum Gasteiger partial charge on any atom is 0.306 e. The molecule has 0 aromatic carbocycles. The predicted octanol–water partition coefficient (Wildman–Crippen LogP) is -0.674. The molecule has 0 saturated carbocycles. The Morgan fingerprint density at radius 3 is 2.05 bits per heavy atom. The first-order valence-corrected chi connectivity index (χ1v) is 7.43. The molecular formula is C14H28O7. The Bertz CT molecular complexity index is 272. The SMILES string of the molecule is CCCCCCCC(=O)O[C@H]([C@@H](O)[C@@H](O)CO)[C@@H](O)CO. The molecule has 0 bridgehead atoms. The fourth-order valence-electron chi connectivity index (χ4n) is 1.89.